The smallest absolute Gasteiger partial charge is 0.325 e. The Hall–Kier alpha value is -2.23. The van der Waals surface area contributed by atoms with E-state index >= 15 is 0 Å². The van der Waals surface area contributed by atoms with Crippen LogP contribution in [0.4, 0.5) is 0 Å². The number of methoxy groups -OCH3 is 1. The number of carbonyl (C=O) groups is 3. The van der Waals surface area contributed by atoms with Gasteiger partial charge in [0.1, 0.15) is 0 Å². The molecule has 0 unspecified atom stereocenters. The molecule has 4 atom stereocenters. The highest BCUT2D eigenvalue weighted by atomic mass is 16.7. The Kier molecular flexibility index (Phi) is 2.97. The molecule has 0 aromatic heterocycles. The van der Waals surface area contributed by atoms with E-state index < -0.39 is 23.4 Å². The van der Waals surface area contributed by atoms with Crippen molar-refractivity contribution >= 4 is 17.5 Å². The third-order valence-corrected chi connectivity index (χ3v) is 5.40. The van der Waals surface area contributed by atoms with Gasteiger partial charge in [-0.05, 0) is 6.92 Å². The molecule has 4 rings (SSSR count). The number of ketones is 2. The summed E-state index contributed by atoms with van der Waals surface area (Å²) < 4.78 is 5.08. The zero-order chi connectivity index (χ0) is 17.4. The molecule has 24 heavy (non-hydrogen) atoms. The van der Waals surface area contributed by atoms with E-state index in [-0.39, 0.29) is 46.9 Å². The third-order valence-electron chi connectivity index (χ3n) is 5.40. The number of aliphatic hydroxyl groups is 1. The van der Waals surface area contributed by atoms with Crippen molar-refractivity contribution < 1.29 is 29.1 Å². The minimum atomic E-state index is -1.53. The topological polar surface area (TPSA) is 141 Å². The summed E-state index contributed by atoms with van der Waals surface area (Å²) in [5.74, 6) is 2.32. The number of rotatable bonds is 3. The van der Waals surface area contributed by atoms with Crippen molar-refractivity contribution in [3.8, 4) is 0 Å². The first kappa shape index (κ1) is 15.3. The highest BCUT2D eigenvalue weighted by molar-refractivity contribution is 6.25. The van der Waals surface area contributed by atoms with Crippen molar-refractivity contribution in [1.29, 1.82) is 0 Å². The monoisotopic (exact) mass is 335 g/mol. The Bertz CT molecular complexity index is 756. The molecular weight excluding hydrogens is 318 g/mol. The van der Waals surface area contributed by atoms with Gasteiger partial charge in [0.25, 0.3) is 0 Å². The normalized spacial score (nSPS) is 36.7. The number of nitrogens with two attached hydrogens (primary N) is 1. The summed E-state index contributed by atoms with van der Waals surface area (Å²) >= 11 is 0. The average molecular weight is 335 g/mol. The molecule has 0 amide bonds. The standard InChI is InChI=1S/C15H17N3O6/c1-5-11(20)10-9(12(21)13(5)23-2)6(3-8(19)24-16)15(22)14-7(17-14)4-18(10)15/h6-7,14,17,22H,3-4,16H2,1-2H3/t6-,7+,14+,15-/m1/s1. The molecular formula is C15H17N3O6. The summed E-state index contributed by atoms with van der Waals surface area (Å²) in [5.41, 5.74) is -1.08. The zero-order valence-electron chi connectivity index (χ0n) is 13.2. The summed E-state index contributed by atoms with van der Waals surface area (Å²) in [7, 11) is 1.31. The Labute approximate surface area is 137 Å². The molecule has 1 aliphatic carbocycles. The van der Waals surface area contributed by atoms with Gasteiger partial charge in [0, 0.05) is 23.7 Å². The van der Waals surface area contributed by atoms with E-state index in [4.69, 9.17) is 10.6 Å². The molecule has 0 aromatic rings. The number of carbonyl (C=O) groups excluding carboxylic acids is 3. The number of allylic oxidation sites excluding steroid dienone is 2. The number of Topliss-reactive ketones (excluding diaryl/α,β-unsaturated/α-hetero) is 2. The number of nitrogens with zero attached hydrogens (tertiary/aromatic N) is 1. The van der Waals surface area contributed by atoms with Gasteiger partial charge in [0.05, 0.1) is 31.2 Å². The van der Waals surface area contributed by atoms with Crippen LogP contribution in [0.3, 0.4) is 0 Å². The van der Waals surface area contributed by atoms with Crippen LogP contribution >= 0.6 is 0 Å². The van der Waals surface area contributed by atoms with E-state index in [1.165, 1.54) is 14.0 Å². The van der Waals surface area contributed by atoms with Crippen LogP contribution in [-0.4, -0.2) is 59.0 Å². The SMILES string of the molecule is COC1=C(C)C(=O)C2=C(C1=O)[C@@H](CC(=O)ON)[C@@]1(O)[C@H]3N[C@H]3CN21. The number of hydrogen-bond acceptors (Lipinski definition) is 9. The van der Waals surface area contributed by atoms with Gasteiger partial charge in [0.2, 0.25) is 11.6 Å². The summed E-state index contributed by atoms with van der Waals surface area (Å²) in [5, 5.41) is 14.4. The van der Waals surface area contributed by atoms with Gasteiger partial charge in [0.15, 0.2) is 11.5 Å². The number of piperazine rings is 1. The van der Waals surface area contributed by atoms with Gasteiger partial charge in [-0.2, -0.15) is 5.90 Å². The zero-order valence-corrected chi connectivity index (χ0v) is 13.2. The minimum Gasteiger partial charge on any atom is -0.492 e. The highest BCUT2D eigenvalue weighted by Crippen LogP contribution is 2.55. The van der Waals surface area contributed by atoms with Gasteiger partial charge in [-0.3, -0.25) is 14.4 Å². The van der Waals surface area contributed by atoms with Crippen LogP contribution in [0.25, 0.3) is 0 Å². The van der Waals surface area contributed by atoms with Crippen LogP contribution < -0.4 is 11.2 Å². The molecule has 3 aliphatic heterocycles. The Balaban J connectivity index is 1.85. The van der Waals surface area contributed by atoms with Crippen molar-refractivity contribution in [1.82, 2.24) is 10.2 Å². The Morgan fingerprint density at radius 3 is 2.79 bits per heavy atom. The summed E-state index contributed by atoms with van der Waals surface area (Å²) in [4.78, 5) is 43.1. The molecule has 2 fully saturated rings. The molecule has 0 spiro atoms. The molecule has 4 aliphatic rings. The summed E-state index contributed by atoms with van der Waals surface area (Å²) in [6, 6.07) is -0.290. The molecule has 0 bridgehead atoms. The first-order valence-electron chi connectivity index (χ1n) is 7.60. The van der Waals surface area contributed by atoms with Crippen LogP contribution in [0.1, 0.15) is 13.3 Å². The number of nitrogens with one attached hydrogen (secondary N) is 1. The lowest BCUT2D eigenvalue weighted by atomic mass is 9.81. The minimum absolute atomic E-state index is 0.0245. The van der Waals surface area contributed by atoms with E-state index in [2.05, 4.69) is 10.2 Å². The second-order valence-electron chi connectivity index (χ2n) is 6.47. The molecule has 128 valence electrons. The van der Waals surface area contributed by atoms with Gasteiger partial charge in [-0.15, -0.1) is 0 Å². The first-order chi connectivity index (χ1) is 11.4. The van der Waals surface area contributed by atoms with Crippen LogP contribution in [0.2, 0.25) is 0 Å². The van der Waals surface area contributed by atoms with Crippen LogP contribution in [0, 0.1) is 5.92 Å². The van der Waals surface area contributed by atoms with E-state index in [1.54, 1.807) is 4.90 Å². The third kappa shape index (κ3) is 1.61. The number of fused-ring (bicyclic) bond motifs is 4. The van der Waals surface area contributed by atoms with Crippen molar-refractivity contribution in [3.63, 3.8) is 0 Å². The quantitative estimate of drug-likeness (QED) is 0.306. The molecule has 2 saturated heterocycles. The predicted molar refractivity (Wildman–Crippen MR) is 77.5 cm³/mol. The fourth-order valence-electron chi connectivity index (χ4n) is 4.26. The van der Waals surface area contributed by atoms with Crippen LogP contribution in [-0.2, 0) is 24.0 Å². The lowest BCUT2D eigenvalue weighted by Gasteiger charge is -2.36. The van der Waals surface area contributed by atoms with Gasteiger partial charge < -0.3 is 24.9 Å². The molecule has 0 radical (unpaired) electrons. The van der Waals surface area contributed by atoms with Crippen molar-refractivity contribution in [2.75, 3.05) is 13.7 Å². The van der Waals surface area contributed by atoms with Gasteiger partial charge >= 0.3 is 5.97 Å². The first-order valence-corrected chi connectivity index (χ1v) is 7.60. The summed E-state index contributed by atoms with van der Waals surface area (Å²) in [6.07, 6.45) is -0.303. The molecule has 3 heterocycles. The predicted octanol–water partition coefficient (Wildman–Crippen LogP) is -1.91. The maximum absolute atomic E-state index is 12.8. The van der Waals surface area contributed by atoms with E-state index in [0.717, 1.165) is 0 Å². The second kappa shape index (κ2) is 4.65. The lowest BCUT2D eigenvalue weighted by Crippen LogP contribution is -2.53. The fourth-order valence-corrected chi connectivity index (χ4v) is 4.26. The van der Waals surface area contributed by atoms with E-state index in [9.17, 15) is 19.5 Å². The van der Waals surface area contributed by atoms with Gasteiger partial charge in [-0.1, -0.05) is 0 Å². The second-order valence-corrected chi connectivity index (χ2v) is 6.47. The molecule has 4 N–H and O–H groups in total. The van der Waals surface area contributed by atoms with Gasteiger partial charge in [-0.25, -0.2) is 0 Å². The average Bonchev–Trinajstić information content (AvgIpc) is 3.22. The van der Waals surface area contributed by atoms with E-state index in [0.29, 0.717) is 6.54 Å². The molecule has 0 aromatic carbocycles. The molecule has 9 heteroatoms. The van der Waals surface area contributed by atoms with Crippen molar-refractivity contribution in [3.05, 3.63) is 22.6 Å². The summed E-state index contributed by atoms with van der Waals surface area (Å²) in [6.45, 7) is 1.90. The van der Waals surface area contributed by atoms with Crippen molar-refractivity contribution in [2.24, 2.45) is 11.8 Å². The maximum atomic E-state index is 12.8. The molecule has 0 saturated carbocycles. The Morgan fingerprint density at radius 1 is 1.46 bits per heavy atom. The maximum Gasteiger partial charge on any atom is 0.325 e. The highest BCUT2D eigenvalue weighted by Gasteiger charge is 2.71. The fraction of sp³-hybridized carbons (Fsp3) is 0.533. The van der Waals surface area contributed by atoms with Crippen LogP contribution in [0.15, 0.2) is 22.6 Å². The Morgan fingerprint density at radius 2 is 2.17 bits per heavy atom. The van der Waals surface area contributed by atoms with Crippen LogP contribution in [0.5, 0.6) is 0 Å². The lowest BCUT2D eigenvalue weighted by molar-refractivity contribution is -0.151. The number of hydrogen-bond donors (Lipinski definition) is 3. The molecule has 9 nitrogen and oxygen atoms in total. The van der Waals surface area contributed by atoms with E-state index in [1.807, 2.05) is 0 Å². The largest absolute Gasteiger partial charge is 0.492 e. The van der Waals surface area contributed by atoms with Crippen molar-refractivity contribution in [2.45, 2.75) is 31.2 Å². The number of ether oxygens (including phenoxy) is 1.